The van der Waals surface area contributed by atoms with Gasteiger partial charge in [-0.2, -0.15) is 0 Å². The first-order valence-corrected chi connectivity index (χ1v) is 8.18. The minimum Gasteiger partial charge on any atom is -0.497 e. The Balaban J connectivity index is 1.75. The predicted molar refractivity (Wildman–Crippen MR) is 89.5 cm³/mol. The van der Waals surface area contributed by atoms with E-state index in [1.807, 2.05) is 36.2 Å². The summed E-state index contributed by atoms with van der Waals surface area (Å²) < 4.78 is 5.27. The van der Waals surface area contributed by atoms with E-state index in [1.165, 1.54) is 0 Å². The van der Waals surface area contributed by atoms with Gasteiger partial charge in [-0.1, -0.05) is 0 Å². The number of benzene rings is 1. The van der Waals surface area contributed by atoms with Gasteiger partial charge in [-0.3, -0.25) is 4.79 Å². The van der Waals surface area contributed by atoms with Gasteiger partial charge in [0.05, 0.1) is 19.6 Å². The molecule has 0 radical (unpaired) electrons. The van der Waals surface area contributed by atoms with E-state index in [-0.39, 0.29) is 17.9 Å². The van der Waals surface area contributed by atoms with Crippen LogP contribution in [0.3, 0.4) is 0 Å². The number of nitrogens with one attached hydrogen (secondary N) is 1. The van der Waals surface area contributed by atoms with Gasteiger partial charge in [0.1, 0.15) is 5.75 Å². The van der Waals surface area contributed by atoms with Crippen LogP contribution < -0.4 is 4.74 Å². The van der Waals surface area contributed by atoms with Crippen LogP contribution in [-0.2, 0) is 11.2 Å². The number of carbonyl (C=O) groups is 1. The van der Waals surface area contributed by atoms with Gasteiger partial charge < -0.3 is 19.7 Å². The molecule has 1 aromatic carbocycles. The molecule has 124 valence electrons. The van der Waals surface area contributed by atoms with Gasteiger partial charge in [0.25, 0.3) is 0 Å². The van der Waals surface area contributed by atoms with Crippen LogP contribution in [0.1, 0.15) is 25.3 Å². The molecule has 1 amide bonds. The summed E-state index contributed by atoms with van der Waals surface area (Å²) in [6.07, 6.45) is 3.87. The first kappa shape index (κ1) is 15.9. The molecule has 0 bridgehead atoms. The lowest BCUT2D eigenvalue weighted by Gasteiger charge is -2.34. The number of hydrogen-bond donors (Lipinski definition) is 2. The van der Waals surface area contributed by atoms with Gasteiger partial charge >= 0.3 is 0 Å². The van der Waals surface area contributed by atoms with Crippen LogP contribution in [0.4, 0.5) is 0 Å². The van der Waals surface area contributed by atoms with E-state index in [9.17, 15) is 9.90 Å². The topological polar surface area (TPSA) is 65.6 Å². The van der Waals surface area contributed by atoms with Crippen LogP contribution in [0.5, 0.6) is 5.75 Å². The van der Waals surface area contributed by atoms with Crippen molar-refractivity contribution >= 4 is 16.8 Å². The summed E-state index contributed by atoms with van der Waals surface area (Å²) in [5, 5.41) is 10.8. The lowest BCUT2D eigenvalue weighted by Crippen LogP contribution is -2.43. The Morgan fingerprint density at radius 1 is 1.52 bits per heavy atom. The average Bonchev–Trinajstić information content (AvgIpc) is 2.97. The van der Waals surface area contributed by atoms with Crippen molar-refractivity contribution in [2.24, 2.45) is 5.92 Å². The highest BCUT2D eigenvalue weighted by atomic mass is 16.5. The first-order chi connectivity index (χ1) is 11.1. The smallest absolute Gasteiger partial charge is 0.227 e. The fraction of sp³-hybridized carbons (Fsp3) is 0.500. The van der Waals surface area contributed by atoms with Crippen molar-refractivity contribution in [3.8, 4) is 5.75 Å². The molecule has 1 saturated heterocycles. The number of fused-ring (bicyclic) bond motifs is 1. The zero-order valence-corrected chi connectivity index (χ0v) is 13.7. The molecule has 1 fully saturated rings. The van der Waals surface area contributed by atoms with E-state index in [0.717, 1.165) is 41.6 Å². The number of ether oxygens (including phenoxy) is 1. The summed E-state index contributed by atoms with van der Waals surface area (Å²) >= 11 is 0. The maximum atomic E-state index is 12.6. The molecule has 2 atom stereocenters. The molecule has 23 heavy (non-hydrogen) atoms. The highest BCUT2D eigenvalue weighted by Gasteiger charge is 2.26. The van der Waals surface area contributed by atoms with Crippen molar-refractivity contribution in [2.75, 3.05) is 20.2 Å². The number of amides is 1. The Morgan fingerprint density at radius 3 is 3.09 bits per heavy atom. The van der Waals surface area contributed by atoms with Crippen LogP contribution in [0.25, 0.3) is 10.9 Å². The van der Waals surface area contributed by atoms with Crippen molar-refractivity contribution in [3.63, 3.8) is 0 Å². The molecule has 1 aliphatic heterocycles. The van der Waals surface area contributed by atoms with Crippen LogP contribution in [0.2, 0.25) is 0 Å². The normalized spacial score (nSPS) is 19.8. The number of nitrogens with zero attached hydrogens (tertiary/aromatic N) is 1. The van der Waals surface area contributed by atoms with E-state index in [4.69, 9.17) is 4.74 Å². The molecule has 2 unspecified atom stereocenters. The van der Waals surface area contributed by atoms with Gasteiger partial charge in [-0.25, -0.2) is 0 Å². The Bertz CT molecular complexity index is 693. The van der Waals surface area contributed by atoms with Gasteiger partial charge in [-0.15, -0.1) is 0 Å². The molecule has 0 saturated carbocycles. The number of piperidine rings is 1. The second-order valence-corrected chi connectivity index (χ2v) is 6.38. The molecule has 3 rings (SSSR count). The van der Waals surface area contributed by atoms with Crippen molar-refractivity contribution < 1.29 is 14.6 Å². The second kappa shape index (κ2) is 6.62. The zero-order chi connectivity index (χ0) is 16.4. The van der Waals surface area contributed by atoms with E-state index in [0.29, 0.717) is 13.0 Å². The number of hydrogen-bond acceptors (Lipinski definition) is 3. The highest BCUT2D eigenvalue weighted by Crippen LogP contribution is 2.25. The summed E-state index contributed by atoms with van der Waals surface area (Å²) in [4.78, 5) is 17.7. The van der Waals surface area contributed by atoms with E-state index in [1.54, 1.807) is 7.11 Å². The molecular weight excluding hydrogens is 292 g/mol. The van der Waals surface area contributed by atoms with Gasteiger partial charge in [0.15, 0.2) is 0 Å². The minimum atomic E-state index is -0.358. The highest BCUT2D eigenvalue weighted by molar-refractivity contribution is 5.89. The Morgan fingerprint density at radius 2 is 2.35 bits per heavy atom. The van der Waals surface area contributed by atoms with Gasteiger partial charge in [-0.05, 0) is 43.5 Å². The summed E-state index contributed by atoms with van der Waals surface area (Å²) in [5.74, 6) is 1.10. The Kier molecular flexibility index (Phi) is 4.57. The lowest BCUT2D eigenvalue weighted by molar-refractivity contribution is -0.133. The molecule has 5 nitrogen and oxygen atoms in total. The van der Waals surface area contributed by atoms with Crippen molar-refractivity contribution in [1.82, 2.24) is 9.88 Å². The SMILES string of the molecule is COc1ccc2[nH]cc(CC(=O)N3CCCC(C(C)O)C3)c2c1. The number of aromatic nitrogens is 1. The quantitative estimate of drug-likeness (QED) is 0.910. The van der Waals surface area contributed by atoms with Gasteiger partial charge in [0.2, 0.25) is 5.91 Å². The van der Waals surface area contributed by atoms with Gasteiger partial charge in [0, 0.05) is 36.1 Å². The zero-order valence-electron chi connectivity index (χ0n) is 13.7. The molecule has 1 aromatic heterocycles. The van der Waals surface area contributed by atoms with E-state index < -0.39 is 0 Å². The third kappa shape index (κ3) is 3.34. The molecule has 0 aliphatic carbocycles. The number of methoxy groups -OCH3 is 1. The fourth-order valence-corrected chi connectivity index (χ4v) is 3.34. The third-order valence-electron chi connectivity index (χ3n) is 4.81. The predicted octanol–water partition coefficient (Wildman–Crippen LogP) is 2.34. The number of aromatic amines is 1. The molecule has 2 aromatic rings. The number of aliphatic hydroxyl groups is 1. The Labute approximate surface area is 136 Å². The molecule has 0 spiro atoms. The molecular formula is C18H24N2O3. The summed E-state index contributed by atoms with van der Waals surface area (Å²) in [5.41, 5.74) is 2.00. The molecule has 1 aliphatic rings. The van der Waals surface area contributed by atoms with Crippen LogP contribution in [0, 0.1) is 5.92 Å². The lowest BCUT2D eigenvalue weighted by atomic mass is 9.93. The summed E-state index contributed by atoms with van der Waals surface area (Å²) in [7, 11) is 1.64. The van der Waals surface area contributed by atoms with Crippen LogP contribution in [0.15, 0.2) is 24.4 Å². The maximum Gasteiger partial charge on any atom is 0.227 e. The molecule has 2 heterocycles. The fourth-order valence-electron chi connectivity index (χ4n) is 3.34. The molecule has 5 heteroatoms. The average molecular weight is 316 g/mol. The summed E-state index contributed by atoms with van der Waals surface area (Å²) in [6, 6.07) is 5.83. The second-order valence-electron chi connectivity index (χ2n) is 6.38. The largest absolute Gasteiger partial charge is 0.497 e. The van der Waals surface area contributed by atoms with E-state index >= 15 is 0 Å². The number of rotatable bonds is 4. The first-order valence-electron chi connectivity index (χ1n) is 8.18. The minimum absolute atomic E-state index is 0.124. The maximum absolute atomic E-state index is 12.6. The number of likely N-dealkylation sites (tertiary alicyclic amines) is 1. The van der Waals surface area contributed by atoms with Crippen molar-refractivity contribution in [1.29, 1.82) is 0 Å². The van der Waals surface area contributed by atoms with Crippen LogP contribution >= 0.6 is 0 Å². The van der Waals surface area contributed by atoms with E-state index in [2.05, 4.69) is 4.98 Å². The number of carbonyl (C=O) groups excluding carboxylic acids is 1. The number of H-pyrrole nitrogens is 1. The number of aliphatic hydroxyl groups excluding tert-OH is 1. The van der Waals surface area contributed by atoms with Crippen LogP contribution in [-0.4, -0.2) is 47.2 Å². The monoisotopic (exact) mass is 316 g/mol. The molecule has 2 N–H and O–H groups in total. The summed E-state index contributed by atoms with van der Waals surface area (Å²) in [6.45, 7) is 3.25. The van der Waals surface area contributed by atoms with Crippen molar-refractivity contribution in [2.45, 2.75) is 32.3 Å². The Hall–Kier alpha value is -2.01. The van der Waals surface area contributed by atoms with Crippen molar-refractivity contribution in [3.05, 3.63) is 30.0 Å². The third-order valence-corrected chi connectivity index (χ3v) is 4.81. The standard InChI is InChI=1S/C18H24N2O3/c1-12(21)13-4-3-7-20(11-13)18(22)8-14-10-19-17-6-5-15(23-2)9-16(14)17/h5-6,9-10,12-13,19,21H,3-4,7-8,11H2,1-2H3.